The average Bonchev–Trinajstić information content (AvgIpc) is 3.02. The molecule has 0 saturated carbocycles. The third-order valence-corrected chi connectivity index (χ3v) is 4.55. The molecule has 2 heterocycles. The number of hydrogen-bond donors (Lipinski definition) is 2. The van der Waals surface area contributed by atoms with Crippen LogP contribution in [0.2, 0.25) is 0 Å². The van der Waals surface area contributed by atoms with Gasteiger partial charge >= 0.3 is 0 Å². The van der Waals surface area contributed by atoms with Crippen molar-refractivity contribution < 1.29 is 0 Å². The molecular weight excluding hydrogens is 260 g/mol. The monoisotopic (exact) mass is 280 g/mol. The molecule has 1 aliphatic carbocycles. The van der Waals surface area contributed by atoms with Gasteiger partial charge in [-0.3, -0.25) is 0 Å². The van der Waals surface area contributed by atoms with Gasteiger partial charge in [0.05, 0.1) is 0 Å². The highest BCUT2D eigenvalue weighted by Gasteiger charge is 2.21. The fraction of sp³-hybridized carbons (Fsp3) is 0.412. The lowest BCUT2D eigenvalue weighted by molar-refractivity contribution is 0.644. The topological polar surface area (TPSA) is 49.8 Å². The van der Waals surface area contributed by atoms with Gasteiger partial charge < -0.3 is 10.6 Å². The molecule has 0 unspecified atom stereocenters. The minimum absolute atomic E-state index is 0.888. The van der Waals surface area contributed by atoms with Crippen LogP contribution in [0.5, 0.6) is 0 Å². The molecule has 0 atom stereocenters. The fourth-order valence-corrected chi connectivity index (χ4v) is 3.50. The SMILES string of the molecule is CNc1nc(-c2cccc3c2CCNC3)nc2c1CCC2. The minimum Gasteiger partial charge on any atom is -0.373 e. The van der Waals surface area contributed by atoms with Crippen molar-refractivity contribution in [1.29, 1.82) is 0 Å². The molecule has 1 aliphatic heterocycles. The van der Waals surface area contributed by atoms with Gasteiger partial charge in [-0.25, -0.2) is 9.97 Å². The van der Waals surface area contributed by atoms with Crippen molar-refractivity contribution in [1.82, 2.24) is 15.3 Å². The Kier molecular flexibility index (Phi) is 3.11. The second kappa shape index (κ2) is 5.11. The Morgan fingerprint density at radius 1 is 1.10 bits per heavy atom. The summed E-state index contributed by atoms with van der Waals surface area (Å²) in [5.74, 6) is 1.90. The summed E-state index contributed by atoms with van der Waals surface area (Å²) in [5, 5.41) is 6.68. The van der Waals surface area contributed by atoms with E-state index in [4.69, 9.17) is 9.97 Å². The number of aromatic nitrogens is 2. The molecular formula is C17H20N4. The van der Waals surface area contributed by atoms with Crippen LogP contribution in [0.3, 0.4) is 0 Å². The van der Waals surface area contributed by atoms with Gasteiger partial charge in [0.15, 0.2) is 5.82 Å². The van der Waals surface area contributed by atoms with Crippen LogP contribution >= 0.6 is 0 Å². The lowest BCUT2D eigenvalue weighted by Crippen LogP contribution is -2.24. The molecule has 4 rings (SSSR count). The first kappa shape index (κ1) is 12.8. The maximum atomic E-state index is 4.87. The van der Waals surface area contributed by atoms with Crippen LogP contribution in [-0.4, -0.2) is 23.6 Å². The van der Waals surface area contributed by atoms with Crippen LogP contribution < -0.4 is 10.6 Å². The highest BCUT2D eigenvalue weighted by atomic mass is 15.0. The summed E-state index contributed by atoms with van der Waals surface area (Å²) < 4.78 is 0. The van der Waals surface area contributed by atoms with Crippen LogP contribution in [0, 0.1) is 0 Å². The number of benzene rings is 1. The van der Waals surface area contributed by atoms with Crippen LogP contribution in [-0.2, 0) is 25.8 Å². The number of rotatable bonds is 2. The van der Waals surface area contributed by atoms with Crippen LogP contribution in [0.25, 0.3) is 11.4 Å². The molecule has 2 aromatic rings. The molecule has 0 fully saturated rings. The Morgan fingerprint density at radius 2 is 2.05 bits per heavy atom. The van der Waals surface area contributed by atoms with Gasteiger partial charge in [-0.2, -0.15) is 0 Å². The number of nitrogens with one attached hydrogen (secondary N) is 2. The minimum atomic E-state index is 0.888. The van der Waals surface area contributed by atoms with E-state index >= 15 is 0 Å². The van der Waals surface area contributed by atoms with Gasteiger partial charge in [-0.1, -0.05) is 18.2 Å². The normalized spacial score (nSPS) is 16.4. The number of fused-ring (bicyclic) bond motifs is 2. The van der Waals surface area contributed by atoms with E-state index in [1.807, 2.05) is 7.05 Å². The van der Waals surface area contributed by atoms with Crippen molar-refractivity contribution in [3.05, 3.63) is 40.6 Å². The van der Waals surface area contributed by atoms with E-state index in [-0.39, 0.29) is 0 Å². The first-order valence-electron chi connectivity index (χ1n) is 7.76. The summed E-state index contributed by atoms with van der Waals surface area (Å²) in [6.07, 6.45) is 4.43. The zero-order valence-electron chi connectivity index (χ0n) is 12.4. The standard InChI is InChI=1S/C17H20N4/c1-18-16-14-6-3-7-15(14)20-17(21-16)13-5-2-4-11-10-19-9-8-12(11)13/h2,4-5,19H,3,6-10H2,1H3,(H,18,20,21). The van der Waals surface area contributed by atoms with E-state index < -0.39 is 0 Å². The first-order valence-corrected chi connectivity index (χ1v) is 7.76. The molecule has 0 radical (unpaired) electrons. The van der Waals surface area contributed by atoms with Crippen molar-refractivity contribution in [2.45, 2.75) is 32.2 Å². The van der Waals surface area contributed by atoms with Crippen molar-refractivity contribution in [3.8, 4) is 11.4 Å². The Balaban J connectivity index is 1.88. The van der Waals surface area contributed by atoms with Crippen molar-refractivity contribution >= 4 is 5.82 Å². The third-order valence-electron chi connectivity index (χ3n) is 4.55. The highest BCUT2D eigenvalue weighted by molar-refractivity contribution is 5.66. The molecule has 4 nitrogen and oxygen atoms in total. The predicted octanol–water partition coefficient (Wildman–Crippen LogP) is 2.32. The Morgan fingerprint density at radius 3 is 2.95 bits per heavy atom. The summed E-state index contributed by atoms with van der Waals surface area (Å²) in [6.45, 7) is 1.99. The zero-order chi connectivity index (χ0) is 14.2. The quantitative estimate of drug-likeness (QED) is 0.886. The van der Waals surface area contributed by atoms with Gasteiger partial charge in [0.2, 0.25) is 0 Å². The van der Waals surface area contributed by atoms with Gasteiger partial charge in [0, 0.05) is 30.4 Å². The molecule has 0 bridgehead atoms. The predicted molar refractivity (Wildman–Crippen MR) is 84.5 cm³/mol. The van der Waals surface area contributed by atoms with Gasteiger partial charge in [-0.15, -0.1) is 0 Å². The Labute approximate surface area is 125 Å². The number of hydrogen-bond acceptors (Lipinski definition) is 4. The second-order valence-corrected chi connectivity index (χ2v) is 5.79. The summed E-state index contributed by atoms with van der Waals surface area (Å²) in [6, 6.07) is 6.49. The molecule has 0 spiro atoms. The number of nitrogens with zero attached hydrogens (tertiary/aromatic N) is 2. The third kappa shape index (κ3) is 2.10. The molecule has 21 heavy (non-hydrogen) atoms. The zero-order valence-corrected chi connectivity index (χ0v) is 12.4. The molecule has 1 aromatic carbocycles. The first-order chi connectivity index (χ1) is 10.4. The fourth-order valence-electron chi connectivity index (χ4n) is 3.50. The maximum Gasteiger partial charge on any atom is 0.162 e. The summed E-state index contributed by atoms with van der Waals surface area (Å²) >= 11 is 0. The van der Waals surface area contributed by atoms with E-state index in [1.54, 1.807) is 0 Å². The van der Waals surface area contributed by atoms with Crippen molar-refractivity contribution in [2.24, 2.45) is 0 Å². The van der Waals surface area contributed by atoms with E-state index in [1.165, 1.54) is 34.4 Å². The summed E-state index contributed by atoms with van der Waals surface area (Å²) in [4.78, 5) is 9.67. The molecule has 2 N–H and O–H groups in total. The lowest BCUT2D eigenvalue weighted by atomic mass is 9.95. The van der Waals surface area contributed by atoms with Gasteiger partial charge in [0.25, 0.3) is 0 Å². The van der Waals surface area contributed by atoms with E-state index in [0.717, 1.165) is 44.0 Å². The number of aryl methyl sites for hydroxylation is 1. The summed E-state index contributed by atoms with van der Waals surface area (Å²) in [7, 11) is 1.95. The Hall–Kier alpha value is -1.94. The van der Waals surface area contributed by atoms with Gasteiger partial charge in [0.1, 0.15) is 5.82 Å². The highest BCUT2D eigenvalue weighted by Crippen LogP contribution is 2.31. The van der Waals surface area contributed by atoms with Crippen LogP contribution in [0.4, 0.5) is 5.82 Å². The van der Waals surface area contributed by atoms with E-state index in [9.17, 15) is 0 Å². The molecule has 4 heteroatoms. The smallest absolute Gasteiger partial charge is 0.162 e. The lowest BCUT2D eigenvalue weighted by Gasteiger charge is -2.20. The van der Waals surface area contributed by atoms with E-state index in [0.29, 0.717) is 0 Å². The molecule has 108 valence electrons. The molecule has 0 saturated heterocycles. The largest absolute Gasteiger partial charge is 0.373 e. The Bertz CT molecular complexity index is 693. The van der Waals surface area contributed by atoms with Gasteiger partial charge in [-0.05, 0) is 43.4 Å². The maximum absolute atomic E-state index is 4.87. The van der Waals surface area contributed by atoms with Crippen molar-refractivity contribution in [3.63, 3.8) is 0 Å². The summed E-state index contributed by atoms with van der Waals surface area (Å²) in [5.41, 5.74) is 6.55. The van der Waals surface area contributed by atoms with E-state index in [2.05, 4.69) is 28.8 Å². The van der Waals surface area contributed by atoms with Crippen LogP contribution in [0.1, 0.15) is 28.8 Å². The average molecular weight is 280 g/mol. The molecule has 2 aliphatic rings. The second-order valence-electron chi connectivity index (χ2n) is 5.79. The van der Waals surface area contributed by atoms with Crippen LogP contribution in [0.15, 0.2) is 18.2 Å². The number of anilines is 1. The molecule has 1 aromatic heterocycles. The van der Waals surface area contributed by atoms with Crippen molar-refractivity contribution in [2.75, 3.05) is 18.9 Å². The molecule has 0 amide bonds.